The minimum absolute atomic E-state index is 0.00396. The molecule has 1 aromatic heterocycles. The first kappa shape index (κ1) is 18.2. The van der Waals surface area contributed by atoms with Crippen LogP contribution in [0.3, 0.4) is 0 Å². The van der Waals surface area contributed by atoms with Crippen LogP contribution in [-0.2, 0) is 4.74 Å². The first-order chi connectivity index (χ1) is 13.3. The molecule has 0 aromatic carbocycles. The van der Waals surface area contributed by atoms with Crippen LogP contribution < -0.4 is 10.2 Å². The molecule has 7 heteroatoms. The number of urea groups is 1. The molecule has 2 saturated heterocycles. The van der Waals surface area contributed by atoms with Crippen LogP contribution in [0.5, 0.6) is 0 Å². The number of aromatic nitrogens is 2. The maximum atomic E-state index is 12.5. The van der Waals surface area contributed by atoms with Gasteiger partial charge in [-0.25, -0.2) is 14.8 Å². The fourth-order valence-corrected chi connectivity index (χ4v) is 4.03. The normalized spacial score (nSPS) is 22.8. The Hall–Kier alpha value is -2.15. The summed E-state index contributed by atoms with van der Waals surface area (Å²) in [6, 6.07) is 1.90. The van der Waals surface area contributed by atoms with Crippen LogP contribution in [0.4, 0.5) is 10.7 Å². The van der Waals surface area contributed by atoms with Crippen LogP contribution in [0, 0.1) is 0 Å². The molecular weight excluding hydrogens is 342 g/mol. The molecule has 0 saturated carbocycles. The van der Waals surface area contributed by atoms with E-state index in [2.05, 4.69) is 21.3 Å². The molecule has 2 aliphatic heterocycles. The lowest BCUT2D eigenvalue weighted by atomic mass is 10.2. The Kier molecular flexibility index (Phi) is 5.87. The molecule has 27 heavy (non-hydrogen) atoms. The molecule has 146 valence electrons. The van der Waals surface area contributed by atoms with Gasteiger partial charge in [-0.15, -0.1) is 0 Å². The zero-order valence-corrected chi connectivity index (χ0v) is 15.9. The lowest BCUT2D eigenvalue weighted by Gasteiger charge is -2.33. The van der Waals surface area contributed by atoms with E-state index in [1.165, 1.54) is 37.7 Å². The smallest absolute Gasteiger partial charge is 0.317 e. The molecule has 2 amide bonds. The molecule has 1 unspecified atom stereocenters. The highest BCUT2D eigenvalue weighted by Gasteiger charge is 2.27. The fraction of sp³-hybridized carbons (Fsp3) is 0.650. The molecule has 7 nitrogen and oxygen atoms in total. The first-order valence-electron chi connectivity index (χ1n) is 10.2. The van der Waals surface area contributed by atoms with Crippen LogP contribution in [0.2, 0.25) is 0 Å². The number of anilines is 1. The number of ether oxygens (including phenoxy) is 1. The lowest BCUT2D eigenvalue weighted by Crippen LogP contribution is -2.47. The average molecular weight is 371 g/mol. The van der Waals surface area contributed by atoms with E-state index in [1.807, 2.05) is 11.0 Å². The Bertz CT molecular complexity index is 687. The van der Waals surface area contributed by atoms with Gasteiger partial charge in [0.25, 0.3) is 0 Å². The van der Waals surface area contributed by atoms with Gasteiger partial charge in [0, 0.05) is 32.4 Å². The Morgan fingerprint density at radius 3 is 2.96 bits per heavy atom. The summed E-state index contributed by atoms with van der Waals surface area (Å²) < 4.78 is 5.91. The number of hydrogen-bond donors (Lipinski definition) is 1. The van der Waals surface area contributed by atoms with Gasteiger partial charge in [-0.3, -0.25) is 0 Å². The number of morpholine rings is 1. The van der Waals surface area contributed by atoms with Gasteiger partial charge >= 0.3 is 6.03 Å². The van der Waals surface area contributed by atoms with Crippen LogP contribution in [0.1, 0.15) is 50.3 Å². The third-order valence-corrected chi connectivity index (χ3v) is 5.59. The summed E-state index contributed by atoms with van der Waals surface area (Å²) in [6.07, 6.45) is 10.9. The van der Waals surface area contributed by atoms with Crippen molar-refractivity contribution >= 4 is 12.0 Å². The standard InChI is InChI=1S/C20H29N5O2/c26-20(22-9-7-16-5-1-2-6-16)25-13-14-27-18(15-25)17-8-10-21-19(23-17)24-11-3-4-12-24/h5,8,10,18H,1-4,6-7,9,11-15H2,(H,22,26). The van der Waals surface area contributed by atoms with E-state index in [-0.39, 0.29) is 12.1 Å². The van der Waals surface area contributed by atoms with Crippen molar-refractivity contribution in [1.82, 2.24) is 20.2 Å². The Morgan fingerprint density at radius 2 is 2.15 bits per heavy atom. The summed E-state index contributed by atoms with van der Waals surface area (Å²) in [6.45, 7) is 4.42. The second-order valence-corrected chi connectivity index (χ2v) is 7.52. The molecule has 2 fully saturated rings. The maximum absolute atomic E-state index is 12.5. The lowest BCUT2D eigenvalue weighted by molar-refractivity contribution is -0.0175. The number of nitrogens with zero attached hydrogens (tertiary/aromatic N) is 4. The number of nitrogens with one attached hydrogen (secondary N) is 1. The van der Waals surface area contributed by atoms with Crippen LogP contribution in [-0.4, -0.2) is 60.2 Å². The summed E-state index contributed by atoms with van der Waals surface area (Å²) in [5.74, 6) is 0.778. The van der Waals surface area contributed by atoms with Gasteiger partial charge in [0.05, 0.1) is 18.8 Å². The third-order valence-electron chi connectivity index (χ3n) is 5.59. The minimum Gasteiger partial charge on any atom is -0.368 e. The Morgan fingerprint density at radius 1 is 1.26 bits per heavy atom. The zero-order chi connectivity index (χ0) is 18.5. The average Bonchev–Trinajstić information content (AvgIpc) is 3.42. The highest BCUT2D eigenvalue weighted by atomic mass is 16.5. The molecule has 1 aliphatic carbocycles. The van der Waals surface area contributed by atoms with Gasteiger partial charge in [-0.2, -0.15) is 0 Å². The summed E-state index contributed by atoms with van der Waals surface area (Å²) >= 11 is 0. The van der Waals surface area contributed by atoms with Crippen molar-refractivity contribution in [3.05, 3.63) is 29.6 Å². The molecule has 0 bridgehead atoms. The fourth-order valence-electron chi connectivity index (χ4n) is 4.03. The van der Waals surface area contributed by atoms with E-state index in [1.54, 1.807) is 6.20 Å². The van der Waals surface area contributed by atoms with Crippen molar-refractivity contribution in [1.29, 1.82) is 0 Å². The second kappa shape index (κ2) is 8.69. The molecule has 0 radical (unpaired) electrons. The Balaban J connectivity index is 1.32. The van der Waals surface area contributed by atoms with Gasteiger partial charge in [-0.05, 0) is 44.6 Å². The van der Waals surface area contributed by atoms with E-state index in [4.69, 9.17) is 9.72 Å². The van der Waals surface area contributed by atoms with Crippen molar-refractivity contribution in [2.45, 2.75) is 44.6 Å². The quantitative estimate of drug-likeness (QED) is 0.806. The van der Waals surface area contributed by atoms with Crippen molar-refractivity contribution < 1.29 is 9.53 Å². The first-order valence-corrected chi connectivity index (χ1v) is 10.2. The van der Waals surface area contributed by atoms with Crippen LogP contribution >= 0.6 is 0 Å². The molecule has 1 atom stereocenters. The predicted octanol–water partition coefficient (Wildman–Crippen LogP) is 2.66. The van der Waals surface area contributed by atoms with Crippen LogP contribution in [0.25, 0.3) is 0 Å². The highest BCUT2D eigenvalue weighted by Crippen LogP contribution is 2.23. The van der Waals surface area contributed by atoms with Crippen molar-refractivity contribution in [3.63, 3.8) is 0 Å². The summed E-state index contributed by atoms with van der Waals surface area (Å²) in [4.78, 5) is 25.7. The number of hydrogen-bond acceptors (Lipinski definition) is 5. The number of carbonyl (C=O) groups is 1. The maximum Gasteiger partial charge on any atom is 0.317 e. The van der Waals surface area contributed by atoms with Gasteiger partial charge < -0.3 is 19.9 Å². The number of rotatable bonds is 5. The van der Waals surface area contributed by atoms with E-state index in [0.717, 1.165) is 31.2 Å². The van der Waals surface area contributed by atoms with E-state index in [9.17, 15) is 4.79 Å². The van der Waals surface area contributed by atoms with E-state index < -0.39 is 0 Å². The van der Waals surface area contributed by atoms with Gasteiger partial charge in [0.1, 0.15) is 6.10 Å². The van der Waals surface area contributed by atoms with E-state index in [0.29, 0.717) is 26.2 Å². The number of amides is 2. The summed E-state index contributed by atoms with van der Waals surface area (Å²) in [7, 11) is 0. The van der Waals surface area contributed by atoms with Crippen LogP contribution in [0.15, 0.2) is 23.9 Å². The number of carbonyl (C=O) groups excluding carboxylic acids is 1. The predicted molar refractivity (Wildman–Crippen MR) is 104 cm³/mol. The third kappa shape index (κ3) is 4.58. The molecule has 4 rings (SSSR count). The molecule has 0 spiro atoms. The highest BCUT2D eigenvalue weighted by molar-refractivity contribution is 5.74. The Labute approximate surface area is 160 Å². The summed E-state index contributed by atoms with van der Waals surface area (Å²) in [5.41, 5.74) is 2.34. The zero-order valence-electron chi connectivity index (χ0n) is 15.9. The molecule has 3 heterocycles. The van der Waals surface area contributed by atoms with Crippen molar-refractivity contribution in [2.75, 3.05) is 44.2 Å². The monoisotopic (exact) mass is 371 g/mol. The second-order valence-electron chi connectivity index (χ2n) is 7.52. The molecule has 3 aliphatic rings. The van der Waals surface area contributed by atoms with Crippen molar-refractivity contribution in [2.24, 2.45) is 0 Å². The summed E-state index contributed by atoms with van der Waals surface area (Å²) in [5, 5.41) is 3.06. The van der Waals surface area contributed by atoms with Gasteiger partial charge in [0.2, 0.25) is 5.95 Å². The molecule has 1 aromatic rings. The largest absolute Gasteiger partial charge is 0.368 e. The number of allylic oxidation sites excluding steroid dienone is 1. The molecule has 1 N–H and O–H groups in total. The van der Waals surface area contributed by atoms with E-state index >= 15 is 0 Å². The SMILES string of the molecule is O=C(NCCC1=CCCC1)N1CCOC(c2ccnc(N3CCCC3)n2)C1. The molecular formula is C20H29N5O2. The van der Waals surface area contributed by atoms with Gasteiger partial charge in [0.15, 0.2) is 0 Å². The van der Waals surface area contributed by atoms with Gasteiger partial charge in [-0.1, -0.05) is 11.6 Å². The minimum atomic E-state index is -0.189. The van der Waals surface area contributed by atoms with Crippen molar-refractivity contribution in [3.8, 4) is 0 Å². The topological polar surface area (TPSA) is 70.6 Å².